The van der Waals surface area contributed by atoms with Gasteiger partial charge in [-0.25, -0.2) is 0 Å². The van der Waals surface area contributed by atoms with Crippen molar-refractivity contribution in [2.45, 2.75) is 26.3 Å². The fourth-order valence-electron chi connectivity index (χ4n) is 1.06. The molecule has 0 saturated carbocycles. The van der Waals surface area contributed by atoms with Gasteiger partial charge in [-0.3, -0.25) is 9.59 Å². The Labute approximate surface area is 87.1 Å². The van der Waals surface area contributed by atoms with Gasteiger partial charge in [-0.15, -0.1) is 11.3 Å². The fraction of sp³-hybridized carbons (Fsp3) is 0.400. The Bertz CT molecular complexity index is 319. The van der Waals surface area contributed by atoms with Gasteiger partial charge in [0.2, 0.25) is 0 Å². The molecule has 1 aromatic rings. The molecule has 0 aliphatic heterocycles. The van der Waals surface area contributed by atoms with E-state index in [9.17, 15) is 9.59 Å². The molecule has 1 unspecified atom stereocenters. The summed E-state index contributed by atoms with van der Waals surface area (Å²) >= 11 is 1.37. The van der Waals surface area contributed by atoms with Gasteiger partial charge in [-0.05, 0) is 18.4 Å². The van der Waals surface area contributed by atoms with Crippen LogP contribution in [0.15, 0.2) is 17.5 Å². The lowest BCUT2D eigenvalue weighted by atomic mass is 10.2. The summed E-state index contributed by atoms with van der Waals surface area (Å²) in [7, 11) is 0. The molecule has 0 radical (unpaired) electrons. The summed E-state index contributed by atoms with van der Waals surface area (Å²) in [6.07, 6.45) is 0.450. The molecule has 0 fully saturated rings. The number of nitrogens with one attached hydrogen (secondary N) is 1. The van der Waals surface area contributed by atoms with Gasteiger partial charge in [0.25, 0.3) is 5.91 Å². The van der Waals surface area contributed by atoms with Crippen LogP contribution < -0.4 is 5.32 Å². The van der Waals surface area contributed by atoms with E-state index in [2.05, 4.69) is 5.32 Å². The minimum absolute atomic E-state index is 0.0508. The van der Waals surface area contributed by atoms with Crippen molar-refractivity contribution in [2.75, 3.05) is 0 Å². The van der Waals surface area contributed by atoms with E-state index in [0.29, 0.717) is 11.3 Å². The number of Topliss-reactive ketones (excluding diaryl/α,β-unsaturated/α-hetero) is 1. The molecule has 3 nitrogen and oxygen atoms in total. The van der Waals surface area contributed by atoms with Gasteiger partial charge in [-0.2, -0.15) is 0 Å². The number of carbonyl (C=O) groups is 2. The van der Waals surface area contributed by atoms with Gasteiger partial charge >= 0.3 is 0 Å². The van der Waals surface area contributed by atoms with E-state index in [1.54, 1.807) is 19.9 Å². The Kier molecular flexibility index (Phi) is 3.83. The number of ketones is 1. The first-order chi connectivity index (χ1) is 6.65. The lowest BCUT2D eigenvalue weighted by Gasteiger charge is -2.10. The molecule has 4 heteroatoms. The SMILES string of the molecule is CCC(=O)C(C)NC(=O)c1cccs1. The molecule has 0 aliphatic rings. The second-order valence-electron chi connectivity index (χ2n) is 2.99. The van der Waals surface area contributed by atoms with Crippen molar-refractivity contribution in [3.8, 4) is 0 Å². The third-order valence-electron chi connectivity index (χ3n) is 1.92. The number of hydrogen-bond acceptors (Lipinski definition) is 3. The van der Waals surface area contributed by atoms with E-state index in [1.165, 1.54) is 11.3 Å². The Hall–Kier alpha value is -1.16. The van der Waals surface area contributed by atoms with Crippen LogP contribution in [0.25, 0.3) is 0 Å². The molecule has 0 bridgehead atoms. The van der Waals surface area contributed by atoms with Crippen LogP contribution in [-0.4, -0.2) is 17.7 Å². The van der Waals surface area contributed by atoms with Crippen LogP contribution in [0.2, 0.25) is 0 Å². The van der Waals surface area contributed by atoms with Gasteiger partial charge in [0.1, 0.15) is 0 Å². The molecule has 76 valence electrons. The normalized spacial score (nSPS) is 12.1. The molecule has 0 aromatic carbocycles. The van der Waals surface area contributed by atoms with Gasteiger partial charge in [0, 0.05) is 6.42 Å². The lowest BCUT2D eigenvalue weighted by Crippen LogP contribution is -2.37. The van der Waals surface area contributed by atoms with E-state index in [-0.39, 0.29) is 11.7 Å². The Morgan fingerprint density at radius 2 is 2.29 bits per heavy atom. The number of hydrogen-bond donors (Lipinski definition) is 1. The predicted octanol–water partition coefficient (Wildman–Crippen LogP) is 1.85. The quantitative estimate of drug-likeness (QED) is 0.826. The molecule has 1 rings (SSSR count). The molecule has 1 N–H and O–H groups in total. The third kappa shape index (κ3) is 2.67. The molecule has 1 amide bonds. The molecule has 1 atom stereocenters. The van der Waals surface area contributed by atoms with Crippen molar-refractivity contribution in [3.63, 3.8) is 0 Å². The lowest BCUT2D eigenvalue weighted by molar-refractivity contribution is -0.120. The molecular formula is C10H13NO2S. The highest BCUT2D eigenvalue weighted by molar-refractivity contribution is 7.12. The maximum absolute atomic E-state index is 11.5. The largest absolute Gasteiger partial charge is 0.342 e. The van der Waals surface area contributed by atoms with E-state index >= 15 is 0 Å². The zero-order valence-corrected chi connectivity index (χ0v) is 9.06. The van der Waals surface area contributed by atoms with E-state index in [0.717, 1.165) is 0 Å². The van der Waals surface area contributed by atoms with Crippen molar-refractivity contribution in [3.05, 3.63) is 22.4 Å². The number of rotatable bonds is 4. The molecule has 1 heterocycles. The fourth-order valence-corrected chi connectivity index (χ4v) is 1.69. The first-order valence-corrected chi connectivity index (χ1v) is 5.40. The summed E-state index contributed by atoms with van der Waals surface area (Å²) in [5.74, 6) is -0.121. The summed E-state index contributed by atoms with van der Waals surface area (Å²) < 4.78 is 0. The topological polar surface area (TPSA) is 46.2 Å². The first-order valence-electron chi connectivity index (χ1n) is 4.52. The smallest absolute Gasteiger partial charge is 0.261 e. The summed E-state index contributed by atoms with van der Waals surface area (Å²) in [6.45, 7) is 3.49. The highest BCUT2D eigenvalue weighted by Gasteiger charge is 2.14. The highest BCUT2D eigenvalue weighted by Crippen LogP contribution is 2.08. The number of thiophene rings is 1. The molecule has 0 saturated heterocycles. The van der Waals surface area contributed by atoms with Crippen molar-refractivity contribution in [1.82, 2.24) is 5.32 Å². The average molecular weight is 211 g/mol. The zero-order valence-electron chi connectivity index (χ0n) is 8.24. The van der Waals surface area contributed by atoms with Crippen LogP contribution in [-0.2, 0) is 4.79 Å². The standard InChI is InChI=1S/C10H13NO2S/c1-3-8(12)7(2)11-10(13)9-5-4-6-14-9/h4-7H,3H2,1-2H3,(H,11,13). The van der Waals surface area contributed by atoms with Crippen molar-refractivity contribution < 1.29 is 9.59 Å². The van der Waals surface area contributed by atoms with E-state index in [1.807, 2.05) is 11.4 Å². The Morgan fingerprint density at radius 3 is 2.79 bits per heavy atom. The summed E-state index contributed by atoms with van der Waals surface area (Å²) in [5, 5.41) is 4.49. The van der Waals surface area contributed by atoms with Crippen LogP contribution >= 0.6 is 11.3 Å². The maximum atomic E-state index is 11.5. The van der Waals surface area contributed by atoms with Gasteiger partial charge in [-0.1, -0.05) is 13.0 Å². The summed E-state index contributed by atoms with van der Waals surface area (Å²) in [4.78, 5) is 23.3. The first kappa shape index (κ1) is 10.9. The molecule has 14 heavy (non-hydrogen) atoms. The van der Waals surface area contributed by atoms with Crippen molar-refractivity contribution in [2.24, 2.45) is 0 Å². The monoisotopic (exact) mass is 211 g/mol. The van der Waals surface area contributed by atoms with E-state index in [4.69, 9.17) is 0 Å². The van der Waals surface area contributed by atoms with Crippen molar-refractivity contribution in [1.29, 1.82) is 0 Å². The van der Waals surface area contributed by atoms with Crippen LogP contribution in [0, 0.1) is 0 Å². The van der Waals surface area contributed by atoms with Crippen LogP contribution in [0.1, 0.15) is 29.9 Å². The highest BCUT2D eigenvalue weighted by atomic mass is 32.1. The Balaban J connectivity index is 2.53. The number of carbonyl (C=O) groups excluding carboxylic acids is 2. The Morgan fingerprint density at radius 1 is 1.57 bits per heavy atom. The minimum atomic E-state index is -0.394. The van der Waals surface area contributed by atoms with E-state index < -0.39 is 6.04 Å². The van der Waals surface area contributed by atoms with Gasteiger partial charge in [0.05, 0.1) is 10.9 Å². The molecule has 0 spiro atoms. The number of amides is 1. The maximum Gasteiger partial charge on any atom is 0.261 e. The van der Waals surface area contributed by atoms with Crippen LogP contribution in [0.4, 0.5) is 0 Å². The second kappa shape index (κ2) is 4.91. The van der Waals surface area contributed by atoms with Gasteiger partial charge < -0.3 is 5.32 Å². The molecule has 0 aliphatic carbocycles. The van der Waals surface area contributed by atoms with Crippen LogP contribution in [0.5, 0.6) is 0 Å². The molecule has 1 aromatic heterocycles. The van der Waals surface area contributed by atoms with Gasteiger partial charge in [0.15, 0.2) is 5.78 Å². The average Bonchev–Trinajstić information content (AvgIpc) is 2.69. The summed E-state index contributed by atoms with van der Waals surface area (Å²) in [5.41, 5.74) is 0. The third-order valence-corrected chi connectivity index (χ3v) is 2.79. The zero-order chi connectivity index (χ0) is 10.6. The predicted molar refractivity (Wildman–Crippen MR) is 56.5 cm³/mol. The van der Waals surface area contributed by atoms with Crippen LogP contribution in [0.3, 0.4) is 0 Å². The summed E-state index contributed by atoms with van der Waals surface area (Å²) in [6, 6.07) is 3.16. The van der Waals surface area contributed by atoms with Crippen molar-refractivity contribution >= 4 is 23.0 Å². The molecular weight excluding hydrogens is 198 g/mol. The second-order valence-corrected chi connectivity index (χ2v) is 3.94. The minimum Gasteiger partial charge on any atom is -0.342 e.